The minimum absolute atomic E-state index is 0.265. The summed E-state index contributed by atoms with van der Waals surface area (Å²) in [5.74, 6) is 1.38. The third-order valence-corrected chi connectivity index (χ3v) is 5.24. The number of hydrogen-bond donors (Lipinski definition) is 1. The number of rotatable bonds is 6. The second kappa shape index (κ2) is 8.99. The van der Waals surface area contributed by atoms with Crippen molar-refractivity contribution >= 4 is 17.2 Å². The Labute approximate surface area is 195 Å². The number of nitrogens with zero attached hydrogens (tertiary/aromatic N) is 5. The molecule has 0 fully saturated rings. The van der Waals surface area contributed by atoms with Crippen LogP contribution >= 0.6 is 0 Å². The maximum Gasteiger partial charge on any atom is 0.255 e. The van der Waals surface area contributed by atoms with Crippen LogP contribution in [0, 0.1) is 0 Å². The summed E-state index contributed by atoms with van der Waals surface area (Å²) in [5, 5.41) is 16.1. The summed E-state index contributed by atoms with van der Waals surface area (Å²) in [6.45, 7) is 0. The average molecular weight is 452 g/mol. The predicted molar refractivity (Wildman–Crippen MR) is 127 cm³/mol. The SMILES string of the molecule is COc1ccc(C(=O)Nc2cccc(-c3ccc4nnc(-c5cccnc5)n4n3)c2)cc1OC. The Hall–Kier alpha value is -4.79. The van der Waals surface area contributed by atoms with E-state index in [1.54, 1.807) is 42.2 Å². The number of benzene rings is 2. The summed E-state index contributed by atoms with van der Waals surface area (Å²) in [6, 6.07) is 19.9. The number of carbonyl (C=O) groups excluding carboxylic acids is 1. The molecule has 5 aromatic rings. The summed E-state index contributed by atoms with van der Waals surface area (Å²) in [6.07, 6.45) is 3.42. The van der Waals surface area contributed by atoms with Gasteiger partial charge in [0.05, 0.1) is 19.9 Å². The van der Waals surface area contributed by atoms with Gasteiger partial charge in [-0.05, 0) is 54.6 Å². The molecule has 1 N–H and O–H groups in total. The molecule has 0 aliphatic rings. The van der Waals surface area contributed by atoms with Gasteiger partial charge in [0.2, 0.25) is 0 Å². The van der Waals surface area contributed by atoms with E-state index in [9.17, 15) is 4.79 Å². The fourth-order valence-electron chi connectivity index (χ4n) is 3.55. The molecule has 34 heavy (non-hydrogen) atoms. The maximum atomic E-state index is 12.8. The molecule has 1 amide bonds. The van der Waals surface area contributed by atoms with E-state index in [0.29, 0.717) is 39.9 Å². The topological polar surface area (TPSA) is 104 Å². The van der Waals surface area contributed by atoms with Gasteiger partial charge in [0.15, 0.2) is 23.0 Å². The maximum absolute atomic E-state index is 12.8. The van der Waals surface area contributed by atoms with Crippen molar-refractivity contribution in [1.29, 1.82) is 0 Å². The highest BCUT2D eigenvalue weighted by Crippen LogP contribution is 2.28. The number of nitrogens with one attached hydrogen (secondary N) is 1. The molecule has 2 aromatic carbocycles. The normalized spacial score (nSPS) is 10.8. The van der Waals surface area contributed by atoms with Crippen molar-refractivity contribution in [1.82, 2.24) is 24.8 Å². The van der Waals surface area contributed by atoms with Crippen molar-refractivity contribution in [3.8, 4) is 34.1 Å². The van der Waals surface area contributed by atoms with Crippen LogP contribution in [0.2, 0.25) is 0 Å². The standard InChI is InChI=1S/C25H20N6O3/c1-33-21-10-8-17(14-22(21)34-2)25(32)27-19-7-3-5-16(13-19)20-9-11-23-28-29-24(31(23)30-20)18-6-4-12-26-15-18/h3-15H,1-2H3,(H,27,32). The van der Waals surface area contributed by atoms with Crippen molar-refractivity contribution in [3.05, 3.63) is 84.7 Å². The number of aromatic nitrogens is 5. The first-order valence-corrected chi connectivity index (χ1v) is 10.4. The lowest BCUT2D eigenvalue weighted by Crippen LogP contribution is -2.12. The molecule has 0 atom stereocenters. The minimum atomic E-state index is -0.265. The lowest BCUT2D eigenvalue weighted by molar-refractivity contribution is 0.102. The van der Waals surface area contributed by atoms with Crippen molar-refractivity contribution in [2.24, 2.45) is 0 Å². The Bertz CT molecular complexity index is 1480. The number of pyridine rings is 1. The monoisotopic (exact) mass is 452 g/mol. The van der Waals surface area contributed by atoms with Gasteiger partial charge in [-0.15, -0.1) is 10.2 Å². The number of ether oxygens (including phenoxy) is 2. The number of methoxy groups -OCH3 is 2. The highest BCUT2D eigenvalue weighted by atomic mass is 16.5. The zero-order chi connectivity index (χ0) is 23.5. The zero-order valence-corrected chi connectivity index (χ0v) is 18.5. The third kappa shape index (κ3) is 4.02. The predicted octanol–water partition coefficient (Wildman–Crippen LogP) is 4.12. The number of amides is 1. The van der Waals surface area contributed by atoms with Crippen LogP contribution in [0.5, 0.6) is 11.5 Å². The van der Waals surface area contributed by atoms with E-state index in [1.165, 1.54) is 7.11 Å². The Balaban J connectivity index is 1.44. The highest BCUT2D eigenvalue weighted by Gasteiger charge is 2.13. The number of fused-ring (bicyclic) bond motifs is 1. The molecular formula is C25H20N6O3. The van der Waals surface area contributed by atoms with Crippen molar-refractivity contribution in [3.63, 3.8) is 0 Å². The van der Waals surface area contributed by atoms with Crippen LogP contribution in [0.3, 0.4) is 0 Å². The van der Waals surface area contributed by atoms with Crippen LogP contribution in [0.4, 0.5) is 5.69 Å². The van der Waals surface area contributed by atoms with Gasteiger partial charge in [0.1, 0.15) is 0 Å². The quantitative estimate of drug-likeness (QED) is 0.413. The summed E-state index contributed by atoms with van der Waals surface area (Å²) in [5.41, 5.74) is 4.07. The van der Waals surface area contributed by atoms with Crippen molar-refractivity contribution in [2.75, 3.05) is 19.5 Å². The second-order valence-electron chi connectivity index (χ2n) is 7.36. The van der Waals surface area contributed by atoms with Crippen LogP contribution in [-0.4, -0.2) is 44.9 Å². The summed E-state index contributed by atoms with van der Waals surface area (Å²) >= 11 is 0. The Morgan fingerprint density at radius 3 is 2.53 bits per heavy atom. The smallest absolute Gasteiger partial charge is 0.255 e. The van der Waals surface area contributed by atoms with Gasteiger partial charge >= 0.3 is 0 Å². The molecule has 3 aromatic heterocycles. The fourth-order valence-corrected chi connectivity index (χ4v) is 3.55. The molecular weight excluding hydrogens is 432 g/mol. The van der Waals surface area contributed by atoms with Crippen LogP contribution < -0.4 is 14.8 Å². The molecule has 168 valence electrons. The molecule has 0 saturated heterocycles. The van der Waals surface area contributed by atoms with Gasteiger partial charge < -0.3 is 14.8 Å². The molecule has 0 saturated carbocycles. The molecule has 9 nitrogen and oxygen atoms in total. The summed E-state index contributed by atoms with van der Waals surface area (Å²) in [7, 11) is 3.08. The van der Waals surface area contributed by atoms with E-state index in [0.717, 1.165) is 11.1 Å². The van der Waals surface area contributed by atoms with Crippen molar-refractivity contribution < 1.29 is 14.3 Å². The Morgan fingerprint density at radius 2 is 1.74 bits per heavy atom. The number of anilines is 1. The van der Waals surface area contributed by atoms with Crippen LogP contribution in [-0.2, 0) is 0 Å². The first-order valence-electron chi connectivity index (χ1n) is 10.4. The van der Waals surface area contributed by atoms with Gasteiger partial charge in [0, 0.05) is 34.8 Å². The molecule has 0 aliphatic carbocycles. The van der Waals surface area contributed by atoms with Gasteiger partial charge in [0.25, 0.3) is 5.91 Å². The van der Waals surface area contributed by atoms with E-state index in [-0.39, 0.29) is 5.91 Å². The second-order valence-corrected chi connectivity index (χ2v) is 7.36. The lowest BCUT2D eigenvalue weighted by atomic mass is 10.1. The number of carbonyl (C=O) groups is 1. The van der Waals surface area contributed by atoms with E-state index < -0.39 is 0 Å². The van der Waals surface area contributed by atoms with Crippen LogP contribution in [0.1, 0.15) is 10.4 Å². The fraction of sp³-hybridized carbons (Fsp3) is 0.0800. The van der Waals surface area contributed by atoms with Crippen molar-refractivity contribution in [2.45, 2.75) is 0 Å². The largest absolute Gasteiger partial charge is 0.493 e. The third-order valence-electron chi connectivity index (χ3n) is 5.24. The molecule has 3 heterocycles. The minimum Gasteiger partial charge on any atom is -0.493 e. The van der Waals surface area contributed by atoms with Gasteiger partial charge in [-0.3, -0.25) is 9.78 Å². The summed E-state index contributed by atoms with van der Waals surface area (Å²) < 4.78 is 12.2. The van der Waals surface area contributed by atoms with Gasteiger partial charge in [-0.25, -0.2) is 0 Å². The molecule has 0 aliphatic heterocycles. The zero-order valence-electron chi connectivity index (χ0n) is 18.5. The molecule has 0 radical (unpaired) electrons. The molecule has 5 rings (SSSR count). The van der Waals surface area contributed by atoms with E-state index in [4.69, 9.17) is 14.6 Å². The van der Waals surface area contributed by atoms with Gasteiger partial charge in [-0.1, -0.05) is 12.1 Å². The lowest BCUT2D eigenvalue weighted by Gasteiger charge is -2.11. The summed E-state index contributed by atoms with van der Waals surface area (Å²) in [4.78, 5) is 17.0. The molecule has 0 spiro atoms. The van der Waals surface area contributed by atoms with E-state index in [1.807, 2.05) is 48.5 Å². The van der Waals surface area contributed by atoms with Crippen LogP contribution in [0.15, 0.2) is 79.1 Å². The Morgan fingerprint density at radius 1 is 0.882 bits per heavy atom. The Kier molecular flexibility index (Phi) is 5.57. The molecule has 9 heteroatoms. The molecule has 0 unspecified atom stereocenters. The van der Waals surface area contributed by atoms with E-state index >= 15 is 0 Å². The number of hydrogen-bond acceptors (Lipinski definition) is 7. The highest BCUT2D eigenvalue weighted by molar-refractivity contribution is 6.04. The van der Waals surface area contributed by atoms with Crippen LogP contribution in [0.25, 0.3) is 28.3 Å². The van der Waals surface area contributed by atoms with Gasteiger partial charge in [-0.2, -0.15) is 9.61 Å². The molecule has 0 bridgehead atoms. The average Bonchev–Trinajstić information content (AvgIpc) is 3.32. The van der Waals surface area contributed by atoms with E-state index in [2.05, 4.69) is 20.5 Å². The first kappa shape index (κ1) is 21.1. The first-order chi connectivity index (χ1) is 16.7.